The Morgan fingerprint density at radius 2 is 0.851 bits per heavy atom. The number of carbonyl (C=O) groups excluding carboxylic acids is 8. The summed E-state index contributed by atoms with van der Waals surface area (Å²) in [5.74, 6) is -0.760. The molecule has 2 aromatic carbocycles. The van der Waals surface area contributed by atoms with Gasteiger partial charge in [0.2, 0.25) is 47.3 Å². The summed E-state index contributed by atoms with van der Waals surface area (Å²) in [6.45, 7) is 8.47. The van der Waals surface area contributed by atoms with E-state index in [2.05, 4.69) is 31.9 Å². The molecule has 406 valence electrons. The quantitative estimate of drug-likeness (QED) is 0.0763. The first kappa shape index (κ1) is 57.8. The summed E-state index contributed by atoms with van der Waals surface area (Å²) in [4.78, 5) is 115. The zero-order chi connectivity index (χ0) is 53.3. The highest BCUT2D eigenvalue weighted by Gasteiger charge is 2.44. The molecule has 4 aliphatic rings. The molecule has 18 nitrogen and oxygen atoms in total. The van der Waals surface area contributed by atoms with Gasteiger partial charge in [-0.05, 0) is 98.6 Å². The van der Waals surface area contributed by atoms with Crippen molar-refractivity contribution >= 4 is 68.8 Å². The Morgan fingerprint density at radius 3 is 1.20 bits per heavy atom. The van der Waals surface area contributed by atoms with Gasteiger partial charge in [-0.3, -0.25) is 38.4 Å². The van der Waals surface area contributed by atoms with Gasteiger partial charge in [0.05, 0.1) is 14.2 Å². The van der Waals surface area contributed by atoms with Gasteiger partial charge in [-0.2, -0.15) is 0 Å². The maximum Gasteiger partial charge on any atom is 0.246 e. The molecule has 0 spiro atoms. The summed E-state index contributed by atoms with van der Waals surface area (Å²) in [6, 6.07) is 7.39. The third-order valence-corrected chi connectivity index (χ3v) is 17.6. The van der Waals surface area contributed by atoms with Crippen LogP contribution in [0.4, 0.5) is 0 Å². The molecule has 4 saturated heterocycles. The van der Waals surface area contributed by atoms with Crippen molar-refractivity contribution in [3.05, 3.63) is 59.7 Å². The summed E-state index contributed by atoms with van der Waals surface area (Å²) in [7, 11) is 6.51. The molecule has 4 heterocycles. The second-order valence-electron chi connectivity index (χ2n) is 20.1. The van der Waals surface area contributed by atoms with Crippen LogP contribution in [0.15, 0.2) is 48.5 Å². The Morgan fingerprint density at radius 1 is 0.500 bits per heavy atom. The lowest BCUT2D eigenvalue weighted by Gasteiger charge is -2.34. The maximum atomic E-state index is 14.1. The van der Waals surface area contributed by atoms with Crippen LogP contribution in [0.2, 0.25) is 0 Å². The van der Waals surface area contributed by atoms with E-state index in [1.165, 1.54) is 0 Å². The number of amides is 8. The standard InChI is InChI=1S/C54H78N8O10S2/c1-7-33(3)45-53(69)61-27-13-17-43(61)51(67)55-39(47(63)57-41(49(65)59-45)31-35-19-23-37(71-5)24-20-35)15-9-11-29-73-74-30-12-10-16-40-48(64)58-42(32-36-21-25-38(72-6)26-22-36)50(66)60-46(34(4)8-2)54(70)62-28-14-18-44(62)52(68)56-40/h19-26,33-34,39-46H,7-18,27-32H2,1-6H3,(H,55,67)(H,56,68)(H,57,63)(H,58,64)(H,59,65)(H,60,66)/t33-,34-,39-,40-,41+,42+,43+,44+,45-,46-/m0/s1. The van der Waals surface area contributed by atoms with Gasteiger partial charge in [-0.25, -0.2) is 0 Å². The number of carbonyl (C=O) groups is 8. The van der Waals surface area contributed by atoms with Crippen molar-refractivity contribution in [1.29, 1.82) is 0 Å². The number of nitrogens with zero attached hydrogens (tertiary/aromatic N) is 2. The van der Waals surface area contributed by atoms with Crippen LogP contribution in [0.1, 0.15) is 116 Å². The van der Waals surface area contributed by atoms with Crippen molar-refractivity contribution in [2.24, 2.45) is 11.8 Å². The fourth-order valence-electron chi connectivity index (χ4n) is 10.0. The lowest BCUT2D eigenvalue weighted by Crippen LogP contribution is -2.62. The molecule has 20 heteroatoms. The monoisotopic (exact) mass is 1060 g/mol. The van der Waals surface area contributed by atoms with Gasteiger partial charge >= 0.3 is 0 Å². The highest BCUT2D eigenvalue weighted by Crippen LogP contribution is 2.27. The van der Waals surface area contributed by atoms with Crippen molar-refractivity contribution in [2.45, 2.75) is 166 Å². The Balaban J connectivity index is 1.03. The molecule has 4 aliphatic heterocycles. The Hall–Kier alpha value is -5.50. The van der Waals surface area contributed by atoms with Crippen LogP contribution in [-0.2, 0) is 51.2 Å². The fraction of sp³-hybridized carbons (Fsp3) is 0.630. The minimum Gasteiger partial charge on any atom is -0.497 e. The molecule has 10 atom stereocenters. The minimum atomic E-state index is -1.01. The largest absolute Gasteiger partial charge is 0.497 e. The lowest BCUT2D eigenvalue weighted by molar-refractivity contribution is -0.144. The van der Waals surface area contributed by atoms with E-state index < -0.39 is 72.0 Å². The number of methoxy groups -OCH3 is 2. The smallest absolute Gasteiger partial charge is 0.246 e. The molecule has 0 saturated carbocycles. The normalized spacial score (nSPS) is 26.0. The molecule has 6 N–H and O–H groups in total. The highest BCUT2D eigenvalue weighted by molar-refractivity contribution is 8.76. The molecule has 2 aromatic rings. The maximum absolute atomic E-state index is 14.1. The van der Waals surface area contributed by atoms with Crippen molar-refractivity contribution in [2.75, 3.05) is 38.8 Å². The molecule has 8 amide bonds. The van der Waals surface area contributed by atoms with Crippen LogP contribution < -0.4 is 41.4 Å². The topological polar surface area (TPSA) is 234 Å². The summed E-state index contributed by atoms with van der Waals surface area (Å²) in [5, 5.41) is 17.7. The van der Waals surface area contributed by atoms with Crippen LogP contribution in [0.3, 0.4) is 0 Å². The predicted molar refractivity (Wildman–Crippen MR) is 286 cm³/mol. The molecule has 0 bridgehead atoms. The third kappa shape index (κ3) is 15.5. The van der Waals surface area contributed by atoms with Gasteiger partial charge in [-0.15, -0.1) is 0 Å². The average molecular weight is 1060 g/mol. The average Bonchev–Trinajstić information content (AvgIpc) is 4.12. The zero-order valence-corrected chi connectivity index (χ0v) is 45.5. The van der Waals surface area contributed by atoms with Gasteiger partial charge in [-0.1, -0.05) is 99.2 Å². The van der Waals surface area contributed by atoms with Crippen LogP contribution in [0.5, 0.6) is 11.5 Å². The number of unbranched alkanes of at least 4 members (excludes halogenated alkanes) is 2. The van der Waals surface area contributed by atoms with E-state index in [9.17, 15) is 38.4 Å². The Bertz CT molecular complexity index is 2100. The van der Waals surface area contributed by atoms with E-state index in [1.54, 1.807) is 69.9 Å². The fourth-order valence-corrected chi connectivity index (χ4v) is 12.3. The van der Waals surface area contributed by atoms with Crippen molar-refractivity contribution in [3.63, 3.8) is 0 Å². The predicted octanol–water partition coefficient (Wildman–Crippen LogP) is 4.22. The number of nitrogens with one attached hydrogen (secondary N) is 6. The SMILES string of the molecule is CC[C@H](C)[C@@H]1NC(=O)[C@@H](Cc2ccc(OC)cc2)NC(=O)[C@H](CCCCSSCCCC[C@@H]2NC(=O)[C@H]3CCCN3C(=O)[C@H]([C@@H](C)CC)NC(=O)[C@@H](Cc3ccc(OC)cc3)NC2=O)NC(=O)[C@H]2CCCN2C1=O. The first-order valence-electron chi connectivity index (χ1n) is 26.6. The third-order valence-electron chi connectivity index (χ3n) is 15.0. The Kier molecular flexibility index (Phi) is 22.2. The molecule has 0 aromatic heterocycles. The molecular formula is C54H78N8O10S2. The number of hydrogen-bond acceptors (Lipinski definition) is 12. The van der Waals surface area contributed by atoms with Crippen molar-refractivity contribution in [3.8, 4) is 11.5 Å². The van der Waals surface area contributed by atoms with Crippen LogP contribution in [0, 0.1) is 11.8 Å². The van der Waals surface area contributed by atoms with Crippen LogP contribution in [-0.4, -0.2) is 144 Å². The number of ether oxygens (including phenoxy) is 2. The summed E-state index contributed by atoms with van der Waals surface area (Å²) in [6.07, 6.45) is 7.16. The molecule has 74 heavy (non-hydrogen) atoms. The van der Waals surface area contributed by atoms with E-state index in [0.29, 0.717) is 88.8 Å². The van der Waals surface area contributed by atoms with E-state index in [0.717, 1.165) is 35.5 Å². The van der Waals surface area contributed by atoms with Crippen LogP contribution in [0.25, 0.3) is 0 Å². The molecule has 0 aliphatic carbocycles. The number of benzene rings is 2. The summed E-state index contributed by atoms with van der Waals surface area (Å²) >= 11 is 0. The molecule has 4 fully saturated rings. The number of rotatable bonds is 21. The highest BCUT2D eigenvalue weighted by atomic mass is 33.1. The van der Waals surface area contributed by atoms with E-state index in [1.807, 2.05) is 52.0 Å². The first-order valence-corrected chi connectivity index (χ1v) is 29.1. The molecule has 6 rings (SSSR count). The van der Waals surface area contributed by atoms with Crippen molar-refractivity contribution in [1.82, 2.24) is 41.7 Å². The second-order valence-corrected chi connectivity index (χ2v) is 22.8. The lowest BCUT2D eigenvalue weighted by atomic mass is 9.95. The van der Waals surface area contributed by atoms with E-state index in [4.69, 9.17) is 9.47 Å². The van der Waals surface area contributed by atoms with Crippen LogP contribution >= 0.6 is 21.6 Å². The van der Waals surface area contributed by atoms with Crippen molar-refractivity contribution < 1.29 is 47.8 Å². The van der Waals surface area contributed by atoms with E-state index in [-0.39, 0.29) is 48.3 Å². The number of hydrogen-bond donors (Lipinski definition) is 6. The zero-order valence-electron chi connectivity index (χ0n) is 43.9. The Labute approximate surface area is 444 Å². The van der Waals surface area contributed by atoms with Gasteiger partial charge in [0.25, 0.3) is 0 Å². The van der Waals surface area contributed by atoms with E-state index >= 15 is 0 Å². The van der Waals surface area contributed by atoms with Gasteiger partial charge < -0.3 is 51.2 Å². The minimum absolute atomic E-state index is 0.164. The van der Waals surface area contributed by atoms with Gasteiger partial charge in [0.1, 0.15) is 59.8 Å². The number of fused-ring (bicyclic) bond motifs is 2. The molecular weight excluding hydrogens is 985 g/mol. The molecule has 0 radical (unpaired) electrons. The van der Waals surface area contributed by atoms with Gasteiger partial charge in [0.15, 0.2) is 0 Å². The summed E-state index contributed by atoms with van der Waals surface area (Å²) < 4.78 is 10.6. The van der Waals surface area contributed by atoms with Gasteiger partial charge in [0, 0.05) is 37.4 Å². The second kappa shape index (κ2) is 28.4. The first-order chi connectivity index (χ1) is 35.6. The molecule has 0 unspecified atom stereocenters. The summed E-state index contributed by atoms with van der Waals surface area (Å²) in [5.41, 5.74) is 1.57.